The zero-order chi connectivity index (χ0) is 26.6. The highest BCUT2D eigenvalue weighted by atomic mass is 16.6. The van der Waals surface area contributed by atoms with E-state index in [0.29, 0.717) is 28.3 Å². The summed E-state index contributed by atoms with van der Waals surface area (Å²) in [7, 11) is 0. The first-order valence-corrected chi connectivity index (χ1v) is 11.4. The summed E-state index contributed by atoms with van der Waals surface area (Å²) >= 11 is 0. The second kappa shape index (κ2) is 13.5. The zero-order valence-corrected chi connectivity index (χ0v) is 20.1. The van der Waals surface area contributed by atoms with Gasteiger partial charge in [-0.3, -0.25) is 10.1 Å². The minimum absolute atomic E-state index is 0.00635. The third kappa shape index (κ3) is 8.22. The van der Waals surface area contributed by atoms with Gasteiger partial charge in [-0.25, -0.2) is 9.59 Å². The third-order valence-electron chi connectivity index (χ3n) is 5.09. The van der Waals surface area contributed by atoms with Crippen LogP contribution >= 0.6 is 0 Å². The molecule has 3 aromatic rings. The number of carboxylic acid groups (broad SMARTS) is 1. The molecule has 0 bridgehead atoms. The van der Waals surface area contributed by atoms with Crippen molar-refractivity contribution in [3.8, 4) is 11.5 Å². The SMILES string of the molecule is CC(=O)c1ccc(NC(=O)O[C@@H](c2ccccc2OCCO)[C@H](/C=C/C(=O)O)Oc2ccccc2)cc1. The van der Waals surface area contributed by atoms with Crippen LogP contribution in [0.2, 0.25) is 0 Å². The molecule has 192 valence electrons. The van der Waals surface area contributed by atoms with E-state index in [4.69, 9.17) is 14.2 Å². The van der Waals surface area contributed by atoms with E-state index >= 15 is 0 Å². The molecule has 2 atom stereocenters. The first kappa shape index (κ1) is 27.0. The lowest BCUT2D eigenvalue weighted by molar-refractivity contribution is -0.131. The monoisotopic (exact) mass is 505 g/mol. The Labute approximate surface area is 213 Å². The number of ether oxygens (including phenoxy) is 3. The van der Waals surface area contributed by atoms with Gasteiger partial charge in [0.1, 0.15) is 18.1 Å². The van der Waals surface area contributed by atoms with Crippen LogP contribution in [-0.4, -0.2) is 47.4 Å². The van der Waals surface area contributed by atoms with Gasteiger partial charge in [-0.15, -0.1) is 0 Å². The average Bonchev–Trinajstić information content (AvgIpc) is 2.89. The van der Waals surface area contributed by atoms with Gasteiger partial charge in [-0.1, -0.05) is 36.4 Å². The van der Waals surface area contributed by atoms with E-state index in [2.05, 4.69) is 5.32 Å². The Morgan fingerprint density at radius 2 is 1.62 bits per heavy atom. The fraction of sp³-hybridized carbons (Fsp3) is 0.179. The zero-order valence-electron chi connectivity index (χ0n) is 20.1. The lowest BCUT2D eigenvalue weighted by Gasteiger charge is -2.27. The van der Waals surface area contributed by atoms with Gasteiger partial charge in [0.2, 0.25) is 0 Å². The average molecular weight is 506 g/mol. The highest BCUT2D eigenvalue weighted by Gasteiger charge is 2.30. The number of hydrogen-bond donors (Lipinski definition) is 3. The Morgan fingerprint density at radius 1 is 0.946 bits per heavy atom. The van der Waals surface area contributed by atoms with E-state index in [9.17, 15) is 24.6 Å². The maximum absolute atomic E-state index is 13.0. The number of aliphatic hydroxyl groups is 1. The Bertz CT molecular complexity index is 1220. The molecule has 0 spiro atoms. The summed E-state index contributed by atoms with van der Waals surface area (Å²) in [4.78, 5) is 35.8. The van der Waals surface area contributed by atoms with E-state index in [0.717, 1.165) is 6.08 Å². The molecule has 1 amide bonds. The third-order valence-corrected chi connectivity index (χ3v) is 5.09. The van der Waals surface area contributed by atoms with E-state index in [-0.39, 0.29) is 19.0 Å². The van der Waals surface area contributed by atoms with Crippen LogP contribution in [0, 0.1) is 0 Å². The van der Waals surface area contributed by atoms with Crippen molar-refractivity contribution in [2.75, 3.05) is 18.5 Å². The number of rotatable bonds is 12. The molecule has 9 heteroatoms. The maximum atomic E-state index is 13.0. The lowest BCUT2D eigenvalue weighted by Crippen LogP contribution is -2.30. The van der Waals surface area contributed by atoms with Crippen LogP contribution in [0.4, 0.5) is 10.5 Å². The smallest absolute Gasteiger partial charge is 0.412 e. The van der Waals surface area contributed by atoms with Crippen LogP contribution in [0.3, 0.4) is 0 Å². The van der Waals surface area contributed by atoms with Gasteiger partial charge < -0.3 is 24.4 Å². The van der Waals surface area contributed by atoms with Crippen LogP contribution in [0.15, 0.2) is 91.0 Å². The number of ketones is 1. The molecule has 0 fully saturated rings. The number of amides is 1. The largest absolute Gasteiger partial charge is 0.491 e. The van der Waals surface area contributed by atoms with Gasteiger partial charge in [0.05, 0.1) is 6.61 Å². The predicted molar refractivity (Wildman–Crippen MR) is 136 cm³/mol. The summed E-state index contributed by atoms with van der Waals surface area (Å²) in [5.41, 5.74) is 1.27. The van der Waals surface area contributed by atoms with Crippen molar-refractivity contribution in [3.05, 3.63) is 102 Å². The quantitative estimate of drug-likeness (QED) is 0.240. The molecule has 0 radical (unpaired) electrons. The van der Waals surface area contributed by atoms with Crippen LogP contribution < -0.4 is 14.8 Å². The highest BCUT2D eigenvalue weighted by Crippen LogP contribution is 2.33. The van der Waals surface area contributed by atoms with Gasteiger partial charge in [-0.05, 0) is 55.5 Å². The molecule has 9 nitrogen and oxygen atoms in total. The number of nitrogens with one attached hydrogen (secondary N) is 1. The molecular weight excluding hydrogens is 478 g/mol. The molecule has 37 heavy (non-hydrogen) atoms. The molecule has 0 saturated heterocycles. The highest BCUT2D eigenvalue weighted by molar-refractivity contribution is 5.95. The Hall–Kier alpha value is -4.63. The topological polar surface area (TPSA) is 131 Å². The molecule has 0 heterocycles. The summed E-state index contributed by atoms with van der Waals surface area (Å²) in [6, 6.07) is 21.6. The molecular formula is C28H27NO8. The number of aliphatic hydroxyl groups excluding tert-OH is 1. The van der Waals surface area contributed by atoms with Crippen molar-refractivity contribution in [1.82, 2.24) is 0 Å². The molecule has 0 saturated carbocycles. The second-order valence-electron chi connectivity index (χ2n) is 7.79. The number of para-hydroxylation sites is 2. The molecule has 0 unspecified atom stereocenters. The standard InChI is InChI=1S/C28H27NO8/c1-19(31)20-11-13-21(14-12-20)29-28(34)37-27(23-9-5-6-10-24(23)35-18-17-30)25(15-16-26(32)33)36-22-7-3-2-4-8-22/h2-16,25,27,30H,17-18H2,1H3,(H,29,34)(H,32,33)/b16-15+/t25-,27-/m0/s1. The lowest BCUT2D eigenvalue weighted by atomic mass is 10.0. The van der Waals surface area contributed by atoms with Crippen LogP contribution in [-0.2, 0) is 9.53 Å². The fourth-order valence-corrected chi connectivity index (χ4v) is 3.40. The minimum atomic E-state index is -1.21. The van der Waals surface area contributed by atoms with Crippen LogP contribution in [0.1, 0.15) is 28.9 Å². The number of benzene rings is 3. The minimum Gasteiger partial charge on any atom is -0.491 e. The first-order valence-electron chi connectivity index (χ1n) is 11.4. The molecule has 3 aromatic carbocycles. The summed E-state index contributed by atoms with van der Waals surface area (Å²) in [5, 5.41) is 21.1. The molecule has 0 aliphatic heterocycles. The van der Waals surface area contributed by atoms with Gasteiger partial charge in [0.25, 0.3) is 0 Å². The summed E-state index contributed by atoms with van der Waals surface area (Å²) in [6.07, 6.45) is -0.884. The Balaban J connectivity index is 1.96. The maximum Gasteiger partial charge on any atom is 0.412 e. The van der Waals surface area contributed by atoms with Gasteiger partial charge >= 0.3 is 12.1 Å². The van der Waals surface area contributed by atoms with Crippen molar-refractivity contribution in [2.45, 2.75) is 19.1 Å². The number of carboxylic acids is 1. The van der Waals surface area contributed by atoms with Crippen LogP contribution in [0.25, 0.3) is 0 Å². The van der Waals surface area contributed by atoms with E-state index in [1.807, 2.05) is 0 Å². The Morgan fingerprint density at radius 3 is 2.27 bits per heavy atom. The van der Waals surface area contributed by atoms with Gasteiger partial charge in [-0.2, -0.15) is 0 Å². The molecule has 3 N–H and O–H groups in total. The van der Waals surface area contributed by atoms with E-state index < -0.39 is 24.3 Å². The van der Waals surface area contributed by atoms with Gasteiger partial charge in [0, 0.05) is 22.9 Å². The van der Waals surface area contributed by atoms with Crippen molar-refractivity contribution in [2.24, 2.45) is 0 Å². The Kier molecular flexibility index (Phi) is 9.81. The number of aliphatic carboxylic acids is 1. The van der Waals surface area contributed by atoms with E-state index in [1.54, 1.807) is 78.9 Å². The molecule has 0 aliphatic rings. The second-order valence-corrected chi connectivity index (χ2v) is 7.79. The first-order chi connectivity index (χ1) is 17.9. The molecule has 0 aliphatic carbocycles. The number of carbonyl (C=O) groups is 3. The van der Waals surface area contributed by atoms with E-state index in [1.165, 1.54) is 13.0 Å². The molecule has 0 aromatic heterocycles. The van der Waals surface area contributed by atoms with Crippen molar-refractivity contribution < 1.29 is 38.8 Å². The van der Waals surface area contributed by atoms with Crippen molar-refractivity contribution >= 4 is 23.5 Å². The fourth-order valence-electron chi connectivity index (χ4n) is 3.40. The van der Waals surface area contributed by atoms with Crippen molar-refractivity contribution in [1.29, 1.82) is 0 Å². The van der Waals surface area contributed by atoms with Crippen LogP contribution in [0.5, 0.6) is 11.5 Å². The van der Waals surface area contributed by atoms with Gasteiger partial charge in [0.15, 0.2) is 18.0 Å². The predicted octanol–water partition coefficient (Wildman–Crippen LogP) is 4.64. The number of carbonyl (C=O) groups excluding carboxylic acids is 2. The van der Waals surface area contributed by atoms with Crippen molar-refractivity contribution in [3.63, 3.8) is 0 Å². The summed E-state index contributed by atoms with van der Waals surface area (Å²) in [6.45, 7) is 1.20. The number of anilines is 1. The number of hydrogen-bond acceptors (Lipinski definition) is 7. The summed E-state index contributed by atoms with van der Waals surface area (Å²) in [5.74, 6) is -0.573. The number of Topliss-reactive ketones (excluding diaryl/α,β-unsaturated/α-hetero) is 1. The molecule has 3 rings (SSSR count). The normalized spacial score (nSPS) is 12.4. The summed E-state index contributed by atoms with van der Waals surface area (Å²) < 4.78 is 17.5.